The molecular formula is C16H17ClN2O3. The van der Waals surface area contributed by atoms with Crippen molar-refractivity contribution >= 4 is 28.4 Å². The van der Waals surface area contributed by atoms with Crippen molar-refractivity contribution in [3.63, 3.8) is 0 Å². The molecule has 3 rings (SSSR count). The van der Waals surface area contributed by atoms with Gasteiger partial charge >= 0.3 is 0 Å². The van der Waals surface area contributed by atoms with Gasteiger partial charge in [-0.25, -0.2) is 4.98 Å². The number of hydrogen-bond acceptors (Lipinski definition) is 4. The lowest BCUT2D eigenvalue weighted by Crippen LogP contribution is -2.37. The third kappa shape index (κ3) is 3.06. The van der Waals surface area contributed by atoms with E-state index in [9.17, 15) is 9.90 Å². The Morgan fingerprint density at radius 3 is 3.09 bits per heavy atom. The SMILES string of the molecule is O=C(c1ccc2cccc(Cl)c2n1)N1CCOC[C@@H](CO)C1. The number of pyridine rings is 1. The van der Waals surface area contributed by atoms with E-state index in [-0.39, 0.29) is 18.4 Å². The van der Waals surface area contributed by atoms with Crippen molar-refractivity contribution in [3.8, 4) is 0 Å². The molecule has 22 heavy (non-hydrogen) atoms. The highest BCUT2D eigenvalue weighted by Crippen LogP contribution is 2.22. The quantitative estimate of drug-likeness (QED) is 0.919. The van der Waals surface area contributed by atoms with Crippen molar-refractivity contribution in [1.29, 1.82) is 0 Å². The standard InChI is InChI=1S/C16H17ClN2O3/c17-13-3-1-2-12-4-5-14(18-15(12)13)16(21)19-6-7-22-10-11(8-19)9-20/h1-5,11,20H,6-10H2/t11-/m1/s1. The van der Waals surface area contributed by atoms with Crippen LogP contribution in [-0.2, 0) is 4.74 Å². The van der Waals surface area contributed by atoms with Gasteiger partial charge in [0.15, 0.2) is 0 Å². The van der Waals surface area contributed by atoms with Gasteiger partial charge in [-0.05, 0) is 12.1 Å². The van der Waals surface area contributed by atoms with Gasteiger partial charge in [-0.15, -0.1) is 0 Å². The number of carbonyl (C=O) groups excluding carboxylic acids is 1. The van der Waals surface area contributed by atoms with Gasteiger partial charge in [0.25, 0.3) is 5.91 Å². The number of ether oxygens (including phenoxy) is 1. The first-order chi connectivity index (χ1) is 10.7. The van der Waals surface area contributed by atoms with Gasteiger partial charge in [0.2, 0.25) is 0 Å². The number of benzene rings is 1. The summed E-state index contributed by atoms with van der Waals surface area (Å²) in [5.74, 6) is -0.221. The molecule has 1 atom stereocenters. The minimum absolute atomic E-state index is 0.000751. The Hall–Kier alpha value is -1.69. The third-order valence-electron chi connectivity index (χ3n) is 3.77. The van der Waals surface area contributed by atoms with Crippen LogP contribution in [0.3, 0.4) is 0 Å². The maximum absolute atomic E-state index is 12.7. The Bertz CT molecular complexity index is 692. The van der Waals surface area contributed by atoms with Crippen molar-refractivity contribution in [3.05, 3.63) is 41.0 Å². The molecule has 0 radical (unpaired) electrons. The zero-order valence-corrected chi connectivity index (χ0v) is 12.8. The highest BCUT2D eigenvalue weighted by molar-refractivity contribution is 6.35. The monoisotopic (exact) mass is 320 g/mol. The summed E-state index contributed by atoms with van der Waals surface area (Å²) < 4.78 is 5.41. The van der Waals surface area contributed by atoms with Crippen molar-refractivity contribution in [1.82, 2.24) is 9.88 Å². The molecule has 1 aliphatic heterocycles. The number of amides is 1. The van der Waals surface area contributed by atoms with Crippen LogP contribution in [0.1, 0.15) is 10.5 Å². The molecule has 0 bridgehead atoms. The molecule has 1 N–H and O–H groups in total. The molecule has 0 unspecified atom stereocenters. The van der Waals surface area contributed by atoms with Crippen LogP contribution in [-0.4, -0.2) is 53.8 Å². The minimum Gasteiger partial charge on any atom is -0.396 e. The first-order valence-corrected chi connectivity index (χ1v) is 7.60. The highest BCUT2D eigenvalue weighted by atomic mass is 35.5. The second kappa shape index (κ2) is 6.60. The number of carbonyl (C=O) groups is 1. The van der Waals surface area contributed by atoms with Crippen LogP contribution < -0.4 is 0 Å². The second-order valence-corrected chi connectivity index (χ2v) is 5.79. The molecule has 1 saturated heterocycles. The molecule has 1 amide bonds. The van der Waals surface area contributed by atoms with Gasteiger partial charge in [-0.1, -0.05) is 29.8 Å². The summed E-state index contributed by atoms with van der Waals surface area (Å²) in [6, 6.07) is 9.07. The molecule has 1 aromatic heterocycles. The summed E-state index contributed by atoms with van der Waals surface area (Å²) in [5.41, 5.74) is 0.985. The van der Waals surface area contributed by atoms with E-state index in [1.807, 2.05) is 18.2 Å². The first-order valence-electron chi connectivity index (χ1n) is 7.22. The summed E-state index contributed by atoms with van der Waals surface area (Å²) in [7, 11) is 0. The molecule has 1 aliphatic rings. The van der Waals surface area contributed by atoms with Crippen LogP contribution in [0.15, 0.2) is 30.3 Å². The van der Waals surface area contributed by atoms with E-state index >= 15 is 0 Å². The van der Waals surface area contributed by atoms with Gasteiger partial charge < -0.3 is 14.7 Å². The van der Waals surface area contributed by atoms with E-state index < -0.39 is 0 Å². The van der Waals surface area contributed by atoms with E-state index in [0.717, 1.165) is 5.39 Å². The van der Waals surface area contributed by atoms with Gasteiger partial charge in [-0.2, -0.15) is 0 Å². The zero-order chi connectivity index (χ0) is 15.5. The van der Waals surface area contributed by atoms with Gasteiger partial charge in [0.1, 0.15) is 5.69 Å². The summed E-state index contributed by atoms with van der Waals surface area (Å²) in [5, 5.41) is 10.7. The Morgan fingerprint density at radius 1 is 1.41 bits per heavy atom. The Kier molecular flexibility index (Phi) is 4.57. The summed E-state index contributed by atoms with van der Waals surface area (Å²) in [4.78, 5) is 18.7. The van der Waals surface area contributed by atoms with E-state index in [1.165, 1.54) is 0 Å². The molecule has 6 heteroatoms. The van der Waals surface area contributed by atoms with Crippen LogP contribution >= 0.6 is 11.6 Å². The number of hydrogen-bond donors (Lipinski definition) is 1. The molecule has 116 valence electrons. The van der Waals surface area contributed by atoms with Crippen molar-refractivity contribution in [2.45, 2.75) is 0 Å². The molecule has 2 heterocycles. The molecule has 1 fully saturated rings. The Morgan fingerprint density at radius 2 is 2.27 bits per heavy atom. The number of fused-ring (bicyclic) bond motifs is 1. The summed E-state index contributed by atoms with van der Waals surface area (Å²) >= 11 is 6.15. The van der Waals surface area contributed by atoms with E-state index in [2.05, 4.69) is 4.98 Å². The number of halogens is 1. The minimum atomic E-state index is -0.161. The fourth-order valence-electron chi connectivity index (χ4n) is 2.57. The van der Waals surface area contributed by atoms with E-state index in [1.54, 1.807) is 17.0 Å². The topological polar surface area (TPSA) is 62.7 Å². The smallest absolute Gasteiger partial charge is 0.272 e. The van der Waals surface area contributed by atoms with Crippen molar-refractivity contribution in [2.24, 2.45) is 5.92 Å². The average Bonchev–Trinajstić information content (AvgIpc) is 2.80. The number of rotatable bonds is 2. The number of nitrogens with zero attached hydrogens (tertiary/aromatic N) is 2. The second-order valence-electron chi connectivity index (χ2n) is 5.38. The van der Waals surface area contributed by atoms with Crippen LogP contribution in [0.2, 0.25) is 5.02 Å². The lowest BCUT2D eigenvalue weighted by atomic mass is 10.1. The lowest BCUT2D eigenvalue weighted by Gasteiger charge is -2.22. The normalized spacial score (nSPS) is 19.2. The Labute approximate surface area is 133 Å². The number of para-hydroxylation sites is 1. The molecular weight excluding hydrogens is 304 g/mol. The fraction of sp³-hybridized carbons (Fsp3) is 0.375. The lowest BCUT2D eigenvalue weighted by molar-refractivity contribution is 0.0723. The third-order valence-corrected chi connectivity index (χ3v) is 4.08. The molecule has 1 aromatic carbocycles. The van der Waals surface area contributed by atoms with Crippen LogP contribution in [0, 0.1) is 5.92 Å². The summed E-state index contributed by atoms with van der Waals surface area (Å²) in [6.45, 7) is 1.91. The maximum atomic E-state index is 12.7. The largest absolute Gasteiger partial charge is 0.396 e. The van der Waals surface area contributed by atoms with Gasteiger partial charge in [0.05, 0.1) is 23.8 Å². The molecule has 5 nitrogen and oxygen atoms in total. The van der Waals surface area contributed by atoms with Crippen molar-refractivity contribution in [2.75, 3.05) is 32.9 Å². The van der Waals surface area contributed by atoms with Crippen LogP contribution in [0.25, 0.3) is 10.9 Å². The van der Waals surface area contributed by atoms with Crippen LogP contribution in [0.5, 0.6) is 0 Å². The highest BCUT2D eigenvalue weighted by Gasteiger charge is 2.24. The number of aromatic nitrogens is 1. The fourth-order valence-corrected chi connectivity index (χ4v) is 2.79. The van der Waals surface area contributed by atoms with Crippen LogP contribution in [0.4, 0.5) is 0 Å². The first kappa shape index (κ1) is 15.2. The molecule has 0 saturated carbocycles. The number of aliphatic hydroxyl groups is 1. The van der Waals surface area contributed by atoms with Crippen molar-refractivity contribution < 1.29 is 14.6 Å². The predicted octanol–water partition coefficient (Wildman–Crippen LogP) is 1.97. The maximum Gasteiger partial charge on any atom is 0.272 e. The summed E-state index contributed by atoms with van der Waals surface area (Å²) in [6.07, 6.45) is 0. The zero-order valence-electron chi connectivity index (χ0n) is 12.0. The molecule has 2 aromatic rings. The van der Waals surface area contributed by atoms with E-state index in [4.69, 9.17) is 16.3 Å². The van der Waals surface area contributed by atoms with Gasteiger partial charge in [-0.3, -0.25) is 4.79 Å². The Balaban J connectivity index is 1.89. The average molecular weight is 321 g/mol. The predicted molar refractivity (Wildman–Crippen MR) is 84.1 cm³/mol. The number of aliphatic hydroxyl groups excluding tert-OH is 1. The van der Waals surface area contributed by atoms with E-state index in [0.29, 0.717) is 42.5 Å². The molecule has 0 aliphatic carbocycles. The van der Waals surface area contributed by atoms with Gasteiger partial charge in [0, 0.05) is 31.0 Å². The molecule has 0 spiro atoms.